The number of anilines is 2. The Hall–Kier alpha value is -2.01. The highest BCUT2D eigenvalue weighted by Gasteiger charge is 2.26. The zero-order valence-electron chi connectivity index (χ0n) is 14.2. The molecule has 1 aromatic carbocycles. The molecule has 0 saturated carbocycles. The minimum atomic E-state index is 0.0176. The van der Waals surface area contributed by atoms with Crippen LogP contribution in [-0.2, 0) is 0 Å². The molecule has 128 valence electrons. The maximum Gasteiger partial charge on any atom is 0.321 e. The SMILES string of the molecule is O=C1NCCN1c1cccc(N2CCC(N3CC=CCC3)CC2)c1. The average molecular weight is 326 g/mol. The van der Waals surface area contributed by atoms with Crippen LogP contribution < -0.4 is 15.1 Å². The average Bonchev–Trinajstić information content (AvgIpc) is 3.09. The molecule has 0 bridgehead atoms. The van der Waals surface area contributed by atoms with Gasteiger partial charge in [-0.25, -0.2) is 4.79 Å². The monoisotopic (exact) mass is 326 g/mol. The van der Waals surface area contributed by atoms with Crippen molar-refractivity contribution < 1.29 is 4.79 Å². The third-order valence-corrected chi connectivity index (χ3v) is 5.43. The normalized spacial score (nSPS) is 22.9. The van der Waals surface area contributed by atoms with Crippen molar-refractivity contribution in [2.75, 3.05) is 49.1 Å². The summed E-state index contributed by atoms with van der Waals surface area (Å²) in [6.45, 7) is 6.01. The summed E-state index contributed by atoms with van der Waals surface area (Å²) in [5, 5.41) is 2.87. The van der Waals surface area contributed by atoms with E-state index in [1.54, 1.807) is 0 Å². The predicted octanol–water partition coefficient (Wildman–Crippen LogP) is 2.45. The van der Waals surface area contributed by atoms with E-state index in [9.17, 15) is 4.79 Å². The van der Waals surface area contributed by atoms with Crippen LogP contribution in [-0.4, -0.2) is 56.2 Å². The first-order valence-corrected chi connectivity index (χ1v) is 9.11. The zero-order chi connectivity index (χ0) is 16.4. The summed E-state index contributed by atoms with van der Waals surface area (Å²) < 4.78 is 0. The Morgan fingerprint density at radius 3 is 2.54 bits per heavy atom. The standard InChI is InChI=1S/C19H26N4O/c24-19-20-9-14-23(19)18-6-4-5-17(15-18)22-12-7-16(8-13-22)21-10-2-1-3-11-21/h1-2,4-6,15-16H,3,7-14H2,(H,20,24). The number of carbonyl (C=O) groups excluding carboxylic acids is 1. The van der Waals surface area contributed by atoms with Crippen LogP contribution in [0.2, 0.25) is 0 Å². The van der Waals surface area contributed by atoms with Gasteiger partial charge in [0.05, 0.1) is 0 Å². The summed E-state index contributed by atoms with van der Waals surface area (Å²) >= 11 is 0. The fourth-order valence-electron chi connectivity index (χ4n) is 4.06. The summed E-state index contributed by atoms with van der Waals surface area (Å²) in [6.07, 6.45) is 8.25. The largest absolute Gasteiger partial charge is 0.371 e. The molecule has 0 atom stereocenters. The van der Waals surface area contributed by atoms with Crippen LogP contribution in [0.25, 0.3) is 0 Å². The Morgan fingerprint density at radius 2 is 1.83 bits per heavy atom. The second-order valence-corrected chi connectivity index (χ2v) is 6.88. The van der Waals surface area contributed by atoms with E-state index < -0.39 is 0 Å². The predicted molar refractivity (Wildman–Crippen MR) is 97.8 cm³/mol. The molecule has 4 rings (SSSR count). The second kappa shape index (κ2) is 6.85. The van der Waals surface area contributed by atoms with E-state index in [0.29, 0.717) is 0 Å². The number of hydrogen-bond donors (Lipinski definition) is 1. The first kappa shape index (κ1) is 15.5. The lowest BCUT2D eigenvalue weighted by Crippen LogP contribution is -2.46. The molecule has 2 fully saturated rings. The Balaban J connectivity index is 1.40. The van der Waals surface area contributed by atoms with Gasteiger partial charge in [-0.2, -0.15) is 0 Å². The number of urea groups is 1. The summed E-state index contributed by atoms with van der Waals surface area (Å²) in [5.41, 5.74) is 2.25. The number of nitrogens with one attached hydrogen (secondary N) is 1. The highest BCUT2D eigenvalue weighted by Crippen LogP contribution is 2.27. The van der Waals surface area contributed by atoms with Crippen molar-refractivity contribution in [3.05, 3.63) is 36.4 Å². The third-order valence-electron chi connectivity index (χ3n) is 5.43. The molecule has 1 aromatic rings. The van der Waals surface area contributed by atoms with E-state index in [1.807, 2.05) is 11.0 Å². The number of hydrogen-bond acceptors (Lipinski definition) is 3. The van der Waals surface area contributed by atoms with Crippen LogP contribution in [0.4, 0.5) is 16.2 Å². The number of nitrogens with zero attached hydrogens (tertiary/aromatic N) is 3. The van der Waals surface area contributed by atoms with E-state index in [0.717, 1.165) is 44.5 Å². The highest BCUT2D eigenvalue weighted by molar-refractivity contribution is 5.94. The van der Waals surface area contributed by atoms with Crippen LogP contribution in [0.15, 0.2) is 36.4 Å². The Bertz CT molecular complexity index is 622. The molecule has 0 radical (unpaired) electrons. The van der Waals surface area contributed by atoms with Crippen molar-refractivity contribution in [3.8, 4) is 0 Å². The van der Waals surface area contributed by atoms with Gasteiger partial charge in [-0.1, -0.05) is 18.2 Å². The molecular formula is C19H26N4O. The van der Waals surface area contributed by atoms with Crippen molar-refractivity contribution >= 4 is 17.4 Å². The minimum Gasteiger partial charge on any atom is -0.371 e. The third kappa shape index (κ3) is 3.13. The fourth-order valence-corrected chi connectivity index (χ4v) is 4.06. The Kier molecular flexibility index (Phi) is 4.43. The summed E-state index contributed by atoms with van der Waals surface area (Å²) in [5.74, 6) is 0. The lowest BCUT2D eigenvalue weighted by atomic mass is 10.0. The van der Waals surface area contributed by atoms with E-state index >= 15 is 0 Å². The number of rotatable bonds is 3. The number of benzene rings is 1. The summed E-state index contributed by atoms with van der Waals surface area (Å²) in [4.78, 5) is 18.8. The van der Waals surface area contributed by atoms with Gasteiger partial charge < -0.3 is 10.2 Å². The van der Waals surface area contributed by atoms with Crippen LogP contribution in [0.1, 0.15) is 19.3 Å². The molecule has 24 heavy (non-hydrogen) atoms. The summed E-state index contributed by atoms with van der Waals surface area (Å²) in [6, 6.07) is 9.16. The van der Waals surface area contributed by atoms with Gasteiger partial charge in [-0.3, -0.25) is 9.80 Å². The molecule has 3 heterocycles. The van der Waals surface area contributed by atoms with Crippen molar-refractivity contribution in [1.82, 2.24) is 10.2 Å². The fraction of sp³-hybridized carbons (Fsp3) is 0.526. The maximum absolute atomic E-state index is 11.9. The molecule has 3 aliphatic heterocycles. The van der Waals surface area contributed by atoms with Gasteiger partial charge in [-0.05, 0) is 37.5 Å². The first-order chi connectivity index (χ1) is 11.8. The molecule has 3 aliphatic rings. The smallest absolute Gasteiger partial charge is 0.321 e. The van der Waals surface area contributed by atoms with Gasteiger partial charge in [0.1, 0.15) is 0 Å². The molecule has 0 unspecified atom stereocenters. The molecule has 2 saturated heterocycles. The molecule has 1 N–H and O–H groups in total. The number of carbonyl (C=O) groups is 1. The maximum atomic E-state index is 11.9. The Morgan fingerprint density at radius 1 is 1.00 bits per heavy atom. The van der Waals surface area contributed by atoms with Crippen molar-refractivity contribution in [1.29, 1.82) is 0 Å². The lowest BCUT2D eigenvalue weighted by Gasteiger charge is -2.40. The molecule has 5 nitrogen and oxygen atoms in total. The van der Waals surface area contributed by atoms with Crippen LogP contribution in [0, 0.1) is 0 Å². The van der Waals surface area contributed by atoms with Gasteiger partial charge in [0.2, 0.25) is 0 Å². The van der Waals surface area contributed by atoms with Gasteiger partial charge in [0.25, 0.3) is 0 Å². The van der Waals surface area contributed by atoms with E-state index in [4.69, 9.17) is 0 Å². The van der Waals surface area contributed by atoms with Crippen LogP contribution in [0.5, 0.6) is 0 Å². The molecule has 0 aromatic heterocycles. The van der Waals surface area contributed by atoms with Crippen molar-refractivity contribution in [2.45, 2.75) is 25.3 Å². The number of amides is 2. The zero-order valence-corrected chi connectivity index (χ0v) is 14.2. The van der Waals surface area contributed by atoms with Crippen LogP contribution in [0.3, 0.4) is 0 Å². The van der Waals surface area contributed by atoms with Gasteiger partial charge in [-0.15, -0.1) is 0 Å². The topological polar surface area (TPSA) is 38.8 Å². The van der Waals surface area contributed by atoms with Crippen molar-refractivity contribution in [3.63, 3.8) is 0 Å². The second-order valence-electron chi connectivity index (χ2n) is 6.88. The van der Waals surface area contributed by atoms with Gasteiger partial charge >= 0.3 is 6.03 Å². The molecule has 0 aliphatic carbocycles. The molecule has 2 amide bonds. The molecular weight excluding hydrogens is 300 g/mol. The van der Waals surface area contributed by atoms with Crippen molar-refractivity contribution in [2.24, 2.45) is 0 Å². The molecule has 0 spiro atoms. The minimum absolute atomic E-state index is 0.0176. The quantitative estimate of drug-likeness (QED) is 0.867. The lowest BCUT2D eigenvalue weighted by molar-refractivity contribution is 0.184. The molecule has 5 heteroatoms. The van der Waals surface area contributed by atoms with Crippen LogP contribution >= 0.6 is 0 Å². The number of piperidine rings is 1. The Labute approximate surface area is 143 Å². The van der Waals surface area contributed by atoms with Gasteiger partial charge in [0, 0.05) is 56.7 Å². The van der Waals surface area contributed by atoms with E-state index in [1.165, 1.54) is 31.5 Å². The van der Waals surface area contributed by atoms with E-state index in [-0.39, 0.29) is 6.03 Å². The van der Waals surface area contributed by atoms with Gasteiger partial charge in [0.15, 0.2) is 0 Å². The summed E-state index contributed by atoms with van der Waals surface area (Å²) in [7, 11) is 0. The van der Waals surface area contributed by atoms with E-state index in [2.05, 4.69) is 45.5 Å². The highest BCUT2D eigenvalue weighted by atomic mass is 16.2. The first-order valence-electron chi connectivity index (χ1n) is 9.11.